The number of likely N-dealkylation sites (N-methyl/N-ethyl adjacent to an activating group) is 1. The summed E-state index contributed by atoms with van der Waals surface area (Å²) in [4.78, 5) is 30.2. The van der Waals surface area contributed by atoms with Crippen LogP contribution in [0.15, 0.2) is 34.1 Å². The highest BCUT2D eigenvalue weighted by Crippen LogP contribution is 2.15. The number of nitrogens with one attached hydrogen (secondary N) is 1. The first-order valence-corrected chi connectivity index (χ1v) is 8.43. The average molecular weight is 382 g/mol. The molecule has 0 unspecified atom stereocenters. The molecular weight excluding hydrogens is 366 g/mol. The van der Waals surface area contributed by atoms with Gasteiger partial charge in [0.25, 0.3) is 5.91 Å². The zero-order chi connectivity index (χ0) is 16.1. The number of amides is 2. The van der Waals surface area contributed by atoms with Crippen molar-refractivity contribution in [3.05, 3.63) is 45.4 Å². The third-order valence-corrected chi connectivity index (χ3v) is 4.31. The SMILES string of the molecule is CCN(CC(=O)Nc1nc(C)cs1)C(=O)c1cccc(Br)c1. The molecule has 1 heterocycles. The average Bonchev–Trinajstić information content (AvgIpc) is 2.89. The van der Waals surface area contributed by atoms with Gasteiger partial charge in [-0.3, -0.25) is 9.59 Å². The lowest BCUT2D eigenvalue weighted by molar-refractivity contribution is -0.116. The Kier molecular flexibility index (Phi) is 5.68. The van der Waals surface area contributed by atoms with Crippen molar-refractivity contribution in [3.8, 4) is 0 Å². The van der Waals surface area contributed by atoms with Crippen molar-refractivity contribution in [3.63, 3.8) is 0 Å². The molecule has 116 valence electrons. The minimum Gasteiger partial charge on any atom is -0.330 e. The number of aromatic nitrogens is 1. The Labute approximate surface area is 141 Å². The summed E-state index contributed by atoms with van der Waals surface area (Å²) in [6.07, 6.45) is 0. The predicted molar refractivity (Wildman–Crippen MR) is 91.2 cm³/mol. The van der Waals surface area contributed by atoms with Gasteiger partial charge in [-0.2, -0.15) is 0 Å². The van der Waals surface area contributed by atoms with E-state index in [0.29, 0.717) is 17.2 Å². The second kappa shape index (κ2) is 7.51. The predicted octanol–water partition coefficient (Wildman–Crippen LogP) is 3.31. The van der Waals surface area contributed by atoms with Crippen molar-refractivity contribution < 1.29 is 9.59 Å². The van der Waals surface area contributed by atoms with Crippen LogP contribution in [0.25, 0.3) is 0 Å². The van der Waals surface area contributed by atoms with E-state index in [2.05, 4.69) is 26.2 Å². The number of halogens is 1. The smallest absolute Gasteiger partial charge is 0.254 e. The zero-order valence-electron chi connectivity index (χ0n) is 12.3. The second-order valence-electron chi connectivity index (χ2n) is 4.67. The Morgan fingerprint density at radius 2 is 2.18 bits per heavy atom. The van der Waals surface area contributed by atoms with E-state index in [1.54, 1.807) is 18.2 Å². The summed E-state index contributed by atoms with van der Waals surface area (Å²) < 4.78 is 0.831. The Balaban J connectivity index is 2.02. The summed E-state index contributed by atoms with van der Waals surface area (Å²) in [5.41, 5.74) is 1.41. The lowest BCUT2D eigenvalue weighted by atomic mass is 10.2. The normalized spacial score (nSPS) is 10.3. The quantitative estimate of drug-likeness (QED) is 0.863. The molecule has 0 saturated carbocycles. The zero-order valence-corrected chi connectivity index (χ0v) is 14.7. The fourth-order valence-corrected chi connectivity index (χ4v) is 2.98. The number of aryl methyl sites for hydroxylation is 1. The van der Waals surface area contributed by atoms with Crippen LogP contribution in [-0.4, -0.2) is 34.8 Å². The molecule has 1 aromatic heterocycles. The lowest BCUT2D eigenvalue weighted by Crippen LogP contribution is -2.37. The number of benzene rings is 1. The number of carbonyl (C=O) groups excluding carboxylic acids is 2. The van der Waals surface area contributed by atoms with Gasteiger partial charge in [0, 0.05) is 22.0 Å². The largest absolute Gasteiger partial charge is 0.330 e. The van der Waals surface area contributed by atoms with Crippen LogP contribution in [0.4, 0.5) is 5.13 Å². The van der Waals surface area contributed by atoms with Crippen LogP contribution in [0.1, 0.15) is 23.0 Å². The van der Waals surface area contributed by atoms with Gasteiger partial charge in [0.1, 0.15) is 6.54 Å². The summed E-state index contributed by atoms with van der Waals surface area (Å²) in [6.45, 7) is 4.16. The molecule has 0 spiro atoms. The maximum Gasteiger partial charge on any atom is 0.254 e. The highest BCUT2D eigenvalue weighted by molar-refractivity contribution is 9.10. The molecule has 0 aliphatic carbocycles. The first-order chi connectivity index (χ1) is 10.5. The van der Waals surface area contributed by atoms with Gasteiger partial charge in [-0.1, -0.05) is 22.0 Å². The van der Waals surface area contributed by atoms with Crippen LogP contribution in [0.5, 0.6) is 0 Å². The molecule has 2 rings (SSSR count). The number of anilines is 1. The molecule has 1 aromatic carbocycles. The molecule has 0 aliphatic rings. The first kappa shape index (κ1) is 16.6. The summed E-state index contributed by atoms with van der Waals surface area (Å²) in [5.74, 6) is -0.422. The molecule has 0 aliphatic heterocycles. The van der Waals surface area contributed by atoms with Crippen molar-refractivity contribution in [2.45, 2.75) is 13.8 Å². The van der Waals surface area contributed by atoms with Crippen LogP contribution in [0, 0.1) is 6.92 Å². The molecule has 0 radical (unpaired) electrons. The maximum absolute atomic E-state index is 12.4. The third kappa shape index (κ3) is 4.38. The standard InChI is InChI=1S/C15H16BrN3O2S/c1-3-19(14(21)11-5-4-6-12(16)7-11)8-13(20)18-15-17-10(2)9-22-15/h4-7,9H,3,8H2,1-2H3,(H,17,18,20). The van der Waals surface area contributed by atoms with Gasteiger partial charge in [0.05, 0.1) is 5.69 Å². The van der Waals surface area contributed by atoms with Gasteiger partial charge in [-0.25, -0.2) is 4.98 Å². The molecule has 2 aromatic rings. The Morgan fingerprint density at radius 3 is 2.77 bits per heavy atom. The molecule has 1 N–H and O–H groups in total. The lowest BCUT2D eigenvalue weighted by Gasteiger charge is -2.20. The van der Waals surface area contributed by atoms with E-state index in [4.69, 9.17) is 0 Å². The van der Waals surface area contributed by atoms with Crippen LogP contribution >= 0.6 is 27.3 Å². The van der Waals surface area contributed by atoms with Gasteiger partial charge in [0.2, 0.25) is 5.91 Å². The summed E-state index contributed by atoms with van der Waals surface area (Å²) in [5, 5.41) is 5.12. The Hall–Kier alpha value is -1.73. The van der Waals surface area contributed by atoms with Crippen LogP contribution in [0.2, 0.25) is 0 Å². The Bertz CT molecular complexity index is 687. The van der Waals surface area contributed by atoms with Crippen LogP contribution < -0.4 is 5.32 Å². The molecule has 0 fully saturated rings. The first-order valence-electron chi connectivity index (χ1n) is 6.76. The molecule has 22 heavy (non-hydrogen) atoms. The number of nitrogens with zero attached hydrogens (tertiary/aromatic N) is 2. The molecule has 5 nitrogen and oxygen atoms in total. The highest BCUT2D eigenvalue weighted by Gasteiger charge is 2.18. The van der Waals surface area contributed by atoms with E-state index >= 15 is 0 Å². The minimum atomic E-state index is -0.250. The number of hydrogen-bond acceptors (Lipinski definition) is 4. The Morgan fingerprint density at radius 1 is 1.41 bits per heavy atom. The van der Waals surface area contributed by atoms with Gasteiger partial charge < -0.3 is 10.2 Å². The van der Waals surface area contributed by atoms with E-state index in [1.807, 2.05) is 25.3 Å². The van der Waals surface area contributed by atoms with E-state index in [0.717, 1.165) is 10.2 Å². The summed E-state index contributed by atoms with van der Waals surface area (Å²) in [6, 6.07) is 7.12. The van der Waals surface area contributed by atoms with Crippen LogP contribution in [-0.2, 0) is 4.79 Å². The molecule has 0 bridgehead atoms. The van der Waals surface area contributed by atoms with Crippen molar-refractivity contribution in [1.82, 2.24) is 9.88 Å². The number of hydrogen-bond donors (Lipinski definition) is 1. The molecular formula is C15H16BrN3O2S. The molecule has 0 atom stereocenters. The highest BCUT2D eigenvalue weighted by atomic mass is 79.9. The fourth-order valence-electron chi connectivity index (χ4n) is 1.87. The molecule has 0 saturated heterocycles. The number of carbonyl (C=O) groups is 2. The van der Waals surface area contributed by atoms with E-state index in [1.165, 1.54) is 16.2 Å². The van der Waals surface area contributed by atoms with Crippen molar-refractivity contribution >= 4 is 44.2 Å². The van der Waals surface area contributed by atoms with Gasteiger partial charge >= 0.3 is 0 Å². The van der Waals surface area contributed by atoms with Crippen molar-refractivity contribution in [2.24, 2.45) is 0 Å². The topological polar surface area (TPSA) is 62.3 Å². The van der Waals surface area contributed by atoms with E-state index < -0.39 is 0 Å². The van der Waals surface area contributed by atoms with Gasteiger partial charge in [-0.15, -0.1) is 11.3 Å². The van der Waals surface area contributed by atoms with Gasteiger partial charge in [0.15, 0.2) is 5.13 Å². The third-order valence-electron chi connectivity index (χ3n) is 2.94. The van der Waals surface area contributed by atoms with Crippen molar-refractivity contribution in [2.75, 3.05) is 18.4 Å². The minimum absolute atomic E-state index is 0.000471. The summed E-state index contributed by atoms with van der Waals surface area (Å²) in [7, 11) is 0. The molecule has 2 amide bonds. The molecule has 7 heteroatoms. The van der Waals surface area contributed by atoms with Gasteiger partial charge in [-0.05, 0) is 32.0 Å². The van der Waals surface area contributed by atoms with E-state index in [-0.39, 0.29) is 18.4 Å². The van der Waals surface area contributed by atoms with E-state index in [9.17, 15) is 9.59 Å². The van der Waals surface area contributed by atoms with Crippen molar-refractivity contribution in [1.29, 1.82) is 0 Å². The summed E-state index contributed by atoms with van der Waals surface area (Å²) >= 11 is 4.71. The second-order valence-corrected chi connectivity index (χ2v) is 6.45. The number of rotatable bonds is 5. The maximum atomic E-state index is 12.4. The fraction of sp³-hybridized carbons (Fsp3) is 0.267. The van der Waals surface area contributed by atoms with Crippen LogP contribution in [0.3, 0.4) is 0 Å². The monoisotopic (exact) mass is 381 g/mol. The number of thiazole rings is 1.